The lowest BCUT2D eigenvalue weighted by atomic mass is 10.00. The monoisotopic (exact) mass is 296 g/mol. The van der Waals surface area contributed by atoms with Crippen molar-refractivity contribution in [2.24, 2.45) is 4.99 Å². The van der Waals surface area contributed by atoms with Crippen molar-refractivity contribution >= 4 is 5.96 Å². The largest absolute Gasteiger partial charge is 0.382 e. The van der Waals surface area contributed by atoms with E-state index in [1.165, 1.54) is 5.56 Å². The quantitative estimate of drug-likeness (QED) is 0.436. The van der Waals surface area contributed by atoms with Gasteiger partial charge in [0.05, 0.1) is 5.69 Å². The molecule has 0 aromatic carbocycles. The second kappa shape index (κ2) is 9.39. The van der Waals surface area contributed by atoms with Crippen molar-refractivity contribution in [1.82, 2.24) is 15.8 Å². The van der Waals surface area contributed by atoms with Crippen molar-refractivity contribution in [2.75, 3.05) is 33.4 Å². The molecule has 0 saturated carbocycles. The van der Waals surface area contributed by atoms with Crippen LogP contribution in [0.1, 0.15) is 43.2 Å². The molecule has 21 heavy (non-hydrogen) atoms. The number of ether oxygens (including phenoxy) is 1. The minimum absolute atomic E-state index is 0.318. The molecule has 1 aromatic heterocycles. The van der Waals surface area contributed by atoms with Gasteiger partial charge in [0.2, 0.25) is 0 Å². The Kier molecular flexibility index (Phi) is 7.82. The van der Waals surface area contributed by atoms with E-state index in [2.05, 4.69) is 27.7 Å². The maximum absolute atomic E-state index is 5.30. The summed E-state index contributed by atoms with van der Waals surface area (Å²) in [6, 6.07) is 0. The lowest BCUT2D eigenvalue weighted by molar-refractivity contribution is 0.145. The van der Waals surface area contributed by atoms with Gasteiger partial charge in [-0.1, -0.05) is 12.1 Å². The predicted molar refractivity (Wildman–Crippen MR) is 84.9 cm³/mol. The summed E-state index contributed by atoms with van der Waals surface area (Å²) >= 11 is 0. The summed E-state index contributed by atoms with van der Waals surface area (Å²) < 4.78 is 10.5. The van der Waals surface area contributed by atoms with E-state index in [1.54, 1.807) is 7.05 Å². The highest BCUT2D eigenvalue weighted by Crippen LogP contribution is 2.22. The number of guanidine groups is 1. The van der Waals surface area contributed by atoms with Crippen molar-refractivity contribution in [2.45, 2.75) is 40.0 Å². The van der Waals surface area contributed by atoms with Crippen LogP contribution in [-0.4, -0.2) is 44.5 Å². The van der Waals surface area contributed by atoms with Crippen molar-refractivity contribution in [3.8, 4) is 0 Å². The van der Waals surface area contributed by atoms with E-state index >= 15 is 0 Å². The molecule has 120 valence electrons. The summed E-state index contributed by atoms with van der Waals surface area (Å²) in [5.41, 5.74) is 2.13. The van der Waals surface area contributed by atoms with Crippen molar-refractivity contribution in [3.05, 3.63) is 17.0 Å². The van der Waals surface area contributed by atoms with Gasteiger partial charge in [-0.15, -0.1) is 0 Å². The minimum atomic E-state index is 0.318. The molecule has 0 aliphatic heterocycles. The van der Waals surface area contributed by atoms with Crippen LogP contribution in [0.4, 0.5) is 0 Å². The van der Waals surface area contributed by atoms with E-state index < -0.39 is 0 Å². The smallest absolute Gasteiger partial charge is 0.190 e. The van der Waals surface area contributed by atoms with Gasteiger partial charge < -0.3 is 19.9 Å². The topological polar surface area (TPSA) is 71.7 Å². The molecular formula is C15H28N4O2. The van der Waals surface area contributed by atoms with Gasteiger partial charge in [0.25, 0.3) is 0 Å². The number of aliphatic imine (C=N–C) groups is 1. The molecule has 0 aliphatic rings. The maximum atomic E-state index is 5.30. The summed E-state index contributed by atoms with van der Waals surface area (Å²) in [6.45, 7) is 11.3. The molecule has 0 spiro atoms. The third kappa shape index (κ3) is 5.75. The molecule has 6 heteroatoms. The first-order valence-corrected chi connectivity index (χ1v) is 7.55. The first kappa shape index (κ1) is 17.5. The fourth-order valence-corrected chi connectivity index (χ4v) is 2.29. The maximum Gasteiger partial charge on any atom is 0.190 e. The molecule has 0 radical (unpaired) electrons. The summed E-state index contributed by atoms with van der Waals surface area (Å²) in [7, 11) is 1.78. The number of nitrogens with one attached hydrogen (secondary N) is 2. The number of aryl methyl sites for hydroxylation is 2. The number of nitrogens with zero attached hydrogens (tertiary/aromatic N) is 2. The van der Waals surface area contributed by atoms with Gasteiger partial charge in [-0.3, -0.25) is 4.99 Å². The Morgan fingerprint density at radius 2 is 2.14 bits per heavy atom. The summed E-state index contributed by atoms with van der Waals surface area (Å²) in [5, 5.41) is 10.6. The Bertz CT molecular complexity index is 423. The van der Waals surface area contributed by atoms with Crippen LogP contribution < -0.4 is 10.6 Å². The fourth-order valence-electron chi connectivity index (χ4n) is 2.29. The summed E-state index contributed by atoms with van der Waals surface area (Å²) in [6.07, 6.45) is 0.966. The zero-order chi connectivity index (χ0) is 15.7. The summed E-state index contributed by atoms with van der Waals surface area (Å²) in [4.78, 5) is 4.22. The van der Waals surface area contributed by atoms with Gasteiger partial charge in [0, 0.05) is 44.8 Å². The van der Waals surface area contributed by atoms with E-state index in [0.717, 1.165) is 50.1 Å². The van der Waals surface area contributed by atoms with Gasteiger partial charge >= 0.3 is 0 Å². The average Bonchev–Trinajstić information content (AvgIpc) is 2.81. The van der Waals surface area contributed by atoms with E-state index in [0.29, 0.717) is 5.92 Å². The first-order valence-electron chi connectivity index (χ1n) is 7.55. The second-order valence-electron chi connectivity index (χ2n) is 5.07. The molecule has 1 heterocycles. The normalized spacial score (nSPS) is 13.3. The highest BCUT2D eigenvalue weighted by molar-refractivity contribution is 5.79. The molecule has 1 aromatic rings. The first-order chi connectivity index (χ1) is 10.1. The number of aromatic nitrogens is 1. The molecule has 0 amide bonds. The van der Waals surface area contributed by atoms with Crippen LogP contribution in [0.3, 0.4) is 0 Å². The lowest BCUT2D eigenvalue weighted by Crippen LogP contribution is -2.39. The number of hydrogen-bond donors (Lipinski definition) is 2. The molecule has 1 rings (SSSR count). The molecule has 2 N–H and O–H groups in total. The van der Waals surface area contributed by atoms with Crippen molar-refractivity contribution in [3.63, 3.8) is 0 Å². The van der Waals surface area contributed by atoms with E-state index in [1.807, 2.05) is 20.8 Å². The standard InChI is InChI=1S/C15H28N4O2/c1-6-20-9-7-8-17-15(16-5)18-10-11(2)14-12(3)19-21-13(14)4/h11H,6-10H2,1-5H3,(H2,16,17,18). The average molecular weight is 296 g/mol. The fraction of sp³-hybridized carbons (Fsp3) is 0.733. The van der Waals surface area contributed by atoms with Crippen LogP contribution in [0.2, 0.25) is 0 Å². The van der Waals surface area contributed by atoms with Gasteiger partial charge in [0.15, 0.2) is 5.96 Å². The Morgan fingerprint density at radius 3 is 2.71 bits per heavy atom. The van der Waals surface area contributed by atoms with Crippen LogP contribution in [0, 0.1) is 13.8 Å². The Labute approximate surface area is 127 Å². The SMILES string of the molecule is CCOCCCNC(=NC)NCC(C)c1c(C)noc1C. The molecule has 0 saturated heterocycles. The molecular weight excluding hydrogens is 268 g/mol. The van der Waals surface area contributed by atoms with Gasteiger partial charge in [0.1, 0.15) is 5.76 Å². The molecule has 0 bridgehead atoms. The lowest BCUT2D eigenvalue weighted by Gasteiger charge is -2.16. The molecule has 1 unspecified atom stereocenters. The molecule has 6 nitrogen and oxygen atoms in total. The van der Waals surface area contributed by atoms with Crippen LogP contribution in [0.5, 0.6) is 0 Å². The van der Waals surface area contributed by atoms with Gasteiger partial charge in [-0.05, 0) is 27.2 Å². The van der Waals surface area contributed by atoms with Gasteiger partial charge in [-0.2, -0.15) is 0 Å². The Hall–Kier alpha value is -1.56. The van der Waals surface area contributed by atoms with E-state index in [4.69, 9.17) is 9.26 Å². The highest BCUT2D eigenvalue weighted by Gasteiger charge is 2.16. The van der Waals surface area contributed by atoms with Crippen molar-refractivity contribution in [1.29, 1.82) is 0 Å². The minimum Gasteiger partial charge on any atom is -0.382 e. The molecule has 1 atom stereocenters. The van der Waals surface area contributed by atoms with Gasteiger partial charge in [-0.25, -0.2) is 0 Å². The third-order valence-corrected chi connectivity index (χ3v) is 3.34. The van der Waals surface area contributed by atoms with Crippen LogP contribution >= 0.6 is 0 Å². The van der Waals surface area contributed by atoms with Crippen LogP contribution in [-0.2, 0) is 4.74 Å². The third-order valence-electron chi connectivity index (χ3n) is 3.34. The highest BCUT2D eigenvalue weighted by atomic mass is 16.5. The second-order valence-corrected chi connectivity index (χ2v) is 5.07. The predicted octanol–water partition coefficient (Wildman–Crippen LogP) is 1.99. The van der Waals surface area contributed by atoms with E-state index in [9.17, 15) is 0 Å². The van der Waals surface area contributed by atoms with Crippen LogP contribution in [0.15, 0.2) is 9.52 Å². The zero-order valence-electron chi connectivity index (χ0n) is 13.8. The molecule has 0 fully saturated rings. The molecule has 0 aliphatic carbocycles. The number of hydrogen-bond acceptors (Lipinski definition) is 4. The Balaban J connectivity index is 2.35. The number of rotatable bonds is 8. The van der Waals surface area contributed by atoms with E-state index in [-0.39, 0.29) is 0 Å². The Morgan fingerprint density at radius 1 is 1.38 bits per heavy atom. The zero-order valence-corrected chi connectivity index (χ0v) is 13.8. The van der Waals surface area contributed by atoms with Crippen molar-refractivity contribution < 1.29 is 9.26 Å². The van der Waals surface area contributed by atoms with Crippen LogP contribution in [0.25, 0.3) is 0 Å². The summed E-state index contributed by atoms with van der Waals surface area (Å²) in [5.74, 6) is 2.02.